The van der Waals surface area contributed by atoms with E-state index in [4.69, 9.17) is 0 Å². The van der Waals surface area contributed by atoms with Crippen LogP contribution in [-0.2, 0) is 4.79 Å². The number of hydrogen-bond acceptors (Lipinski definition) is 2. The maximum atomic E-state index is 12.7. The van der Waals surface area contributed by atoms with Crippen LogP contribution >= 0.6 is 0 Å². The molecule has 2 aliphatic carbocycles. The van der Waals surface area contributed by atoms with Gasteiger partial charge in [0.2, 0.25) is 0 Å². The van der Waals surface area contributed by atoms with E-state index >= 15 is 0 Å². The predicted molar refractivity (Wildman–Crippen MR) is 69.0 cm³/mol. The SMILES string of the molecule is O=C(CC1CCC1)C1(N2CCCC2)CCCC1. The Balaban J connectivity index is 1.70. The van der Waals surface area contributed by atoms with E-state index in [9.17, 15) is 4.79 Å². The summed E-state index contributed by atoms with van der Waals surface area (Å²) in [6, 6.07) is 0. The number of ketones is 1. The lowest BCUT2D eigenvalue weighted by Gasteiger charge is -2.39. The average molecular weight is 235 g/mol. The number of rotatable bonds is 4. The van der Waals surface area contributed by atoms with Crippen LogP contribution in [0.3, 0.4) is 0 Å². The Hall–Kier alpha value is -0.370. The van der Waals surface area contributed by atoms with Crippen LogP contribution in [0.15, 0.2) is 0 Å². The smallest absolute Gasteiger partial charge is 0.153 e. The number of carbonyl (C=O) groups excluding carboxylic acids is 1. The first-order valence-electron chi connectivity index (χ1n) is 7.60. The highest BCUT2D eigenvalue weighted by Crippen LogP contribution is 2.41. The fraction of sp³-hybridized carbons (Fsp3) is 0.933. The molecule has 17 heavy (non-hydrogen) atoms. The highest BCUT2D eigenvalue weighted by Gasteiger charge is 2.46. The van der Waals surface area contributed by atoms with Crippen LogP contribution in [-0.4, -0.2) is 29.3 Å². The zero-order valence-electron chi connectivity index (χ0n) is 10.9. The Morgan fingerprint density at radius 3 is 2.18 bits per heavy atom. The van der Waals surface area contributed by atoms with Crippen molar-refractivity contribution in [1.29, 1.82) is 0 Å². The number of nitrogens with zero attached hydrogens (tertiary/aromatic N) is 1. The Morgan fingerprint density at radius 1 is 1.00 bits per heavy atom. The van der Waals surface area contributed by atoms with E-state index in [1.807, 2.05) is 0 Å². The number of Topliss-reactive ketones (excluding diaryl/α,β-unsaturated/α-hetero) is 1. The molecule has 1 heterocycles. The minimum Gasteiger partial charge on any atom is -0.298 e. The van der Waals surface area contributed by atoms with Gasteiger partial charge in [-0.25, -0.2) is 0 Å². The van der Waals surface area contributed by atoms with Crippen LogP contribution < -0.4 is 0 Å². The van der Waals surface area contributed by atoms with Crippen molar-refractivity contribution in [1.82, 2.24) is 4.90 Å². The van der Waals surface area contributed by atoms with Crippen LogP contribution in [0.5, 0.6) is 0 Å². The van der Waals surface area contributed by atoms with E-state index in [-0.39, 0.29) is 5.54 Å². The summed E-state index contributed by atoms with van der Waals surface area (Å²) in [5.74, 6) is 1.34. The van der Waals surface area contributed by atoms with E-state index in [0.29, 0.717) is 5.78 Å². The molecule has 2 nitrogen and oxygen atoms in total. The summed E-state index contributed by atoms with van der Waals surface area (Å²) in [4.78, 5) is 15.3. The molecule has 0 spiro atoms. The van der Waals surface area contributed by atoms with Gasteiger partial charge in [0.1, 0.15) is 0 Å². The van der Waals surface area contributed by atoms with Gasteiger partial charge in [-0.1, -0.05) is 32.1 Å². The molecule has 0 aromatic heterocycles. The van der Waals surface area contributed by atoms with Crippen molar-refractivity contribution >= 4 is 5.78 Å². The van der Waals surface area contributed by atoms with E-state index < -0.39 is 0 Å². The molecule has 3 rings (SSSR count). The molecule has 3 aliphatic rings. The Morgan fingerprint density at radius 2 is 1.65 bits per heavy atom. The summed E-state index contributed by atoms with van der Waals surface area (Å²) < 4.78 is 0. The molecule has 0 unspecified atom stereocenters. The predicted octanol–water partition coefficient (Wildman–Crippen LogP) is 3.15. The van der Waals surface area contributed by atoms with E-state index in [1.54, 1.807) is 0 Å². The highest BCUT2D eigenvalue weighted by atomic mass is 16.1. The first-order valence-corrected chi connectivity index (χ1v) is 7.60. The van der Waals surface area contributed by atoms with Crippen molar-refractivity contribution < 1.29 is 4.79 Å². The summed E-state index contributed by atoms with van der Waals surface area (Å²) in [6.07, 6.45) is 12.3. The standard InChI is InChI=1S/C15H25NO/c17-14(12-13-6-5-7-13)15(8-1-2-9-15)16-10-3-4-11-16/h13H,1-12H2. The zero-order valence-corrected chi connectivity index (χ0v) is 10.9. The molecule has 2 heteroatoms. The molecule has 0 bridgehead atoms. The Labute approximate surface area is 105 Å². The van der Waals surface area contributed by atoms with Gasteiger partial charge in [-0.15, -0.1) is 0 Å². The van der Waals surface area contributed by atoms with Crippen molar-refractivity contribution in [2.24, 2.45) is 5.92 Å². The van der Waals surface area contributed by atoms with Gasteiger partial charge in [0.15, 0.2) is 5.78 Å². The fourth-order valence-corrected chi connectivity index (χ4v) is 4.03. The first-order chi connectivity index (χ1) is 8.31. The summed E-state index contributed by atoms with van der Waals surface area (Å²) in [5.41, 5.74) is -0.00785. The Kier molecular flexibility index (Phi) is 3.25. The van der Waals surface area contributed by atoms with E-state index in [2.05, 4.69) is 4.90 Å². The number of carbonyl (C=O) groups is 1. The lowest BCUT2D eigenvalue weighted by atomic mass is 9.77. The molecule has 96 valence electrons. The fourth-order valence-electron chi connectivity index (χ4n) is 4.03. The largest absolute Gasteiger partial charge is 0.298 e. The van der Waals surface area contributed by atoms with Crippen molar-refractivity contribution in [3.8, 4) is 0 Å². The highest BCUT2D eigenvalue weighted by molar-refractivity contribution is 5.89. The minimum absolute atomic E-state index is 0.00785. The van der Waals surface area contributed by atoms with Gasteiger partial charge >= 0.3 is 0 Å². The second kappa shape index (κ2) is 4.72. The third kappa shape index (κ3) is 2.05. The number of hydrogen-bond donors (Lipinski definition) is 0. The van der Waals surface area contributed by atoms with E-state index in [1.165, 1.54) is 58.0 Å². The molecule has 0 amide bonds. The maximum Gasteiger partial charge on any atom is 0.153 e. The molecule has 1 aliphatic heterocycles. The van der Waals surface area contributed by atoms with Crippen molar-refractivity contribution in [2.45, 2.75) is 69.7 Å². The second-order valence-corrected chi connectivity index (χ2v) is 6.36. The summed E-state index contributed by atoms with van der Waals surface area (Å²) in [6.45, 7) is 2.35. The van der Waals surface area contributed by atoms with Crippen LogP contribution in [0.4, 0.5) is 0 Å². The third-order valence-electron chi connectivity index (χ3n) is 5.36. The molecule has 0 radical (unpaired) electrons. The normalized spacial score (nSPS) is 29.4. The molecule has 3 fully saturated rings. The van der Waals surface area contributed by atoms with Gasteiger partial charge < -0.3 is 0 Å². The van der Waals surface area contributed by atoms with Gasteiger partial charge in [0.05, 0.1) is 5.54 Å². The summed E-state index contributed by atoms with van der Waals surface area (Å²) >= 11 is 0. The third-order valence-corrected chi connectivity index (χ3v) is 5.36. The molecular weight excluding hydrogens is 210 g/mol. The quantitative estimate of drug-likeness (QED) is 0.746. The van der Waals surface area contributed by atoms with Crippen LogP contribution in [0.1, 0.15) is 64.2 Å². The van der Waals surface area contributed by atoms with E-state index in [0.717, 1.165) is 25.2 Å². The molecule has 0 aromatic rings. The van der Waals surface area contributed by atoms with Crippen LogP contribution in [0.2, 0.25) is 0 Å². The molecule has 1 saturated heterocycles. The first kappa shape index (κ1) is 11.7. The van der Waals surface area contributed by atoms with Gasteiger partial charge in [-0.3, -0.25) is 9.69 Å². The van der Waals surface area contributed by atoms with Crippen molar-refractivity contribution in [3.05, 3.63) is 0 Å². The van der Waals surface area contributed by atoms with Gasteiger partial charge in [0.25, 0.3) is 0 Å². The van der Waals surface area contributed by atoms with Crippen molar-refractivity contribution in [2.75, 3.05) is 13.1 Å². The zero-order chi connectivity index (χ0) is 11.7. The van der Waals surface area contributed by atoms with Crippen LogP contribution in [0.25, 0.3) is 0 Å². The number of likely N-dealkylation sites (tertiary alicyclic amines) is 1. The van der Waals surface area contributed by atoms with Crippen molar-refractivity contribution in [3.63, 3.8) is 0 Å². The Bertz CT molecular complexity index is 283. The van der Waals surface area contributed by atoms with Gasteiger partial charge in [-0.2, -0.15) is 0 Å². The maximum absolute atomic E-state index is 12.7. The molecule has 0 atom stereocenters. The lowest BCUT2D eigenvalue weighted by molar-refractivity contribution is -0.132. The average Bonchev–Trinajstić information content (AvgIpc) is 2.92. The topological polar surface area (TPSA) is 20.3 Å². The molecule has 2 saturated carbocycles. The summed E-state index contributed by atoms with van der Waals surface area (Å²) in [5, 5.41) is 0. The monoisotopic (exact) mass is 235 g/mol. The minimum atomic E-state index is -0.00785. The summed E-state index contributed by atoms with van der Waals surface area (Å²) in [7, 11) is 0. The molecule has 0 aromatic carbocycles. The van der Waals surface area contributed by atoms with Gasteiger partial charge in [0, 0.05) is 6.42 Å². The molecular formula is C15H25NO. The molecule has 0 N–H and O–H groups in total. The second-order valence-electron chi connectivity index (χ2n) is 6.36. The van der Waals surface area contributed by atoms with Crippen LogP contribution in [0, 0.1) is 5.92 Å². The lowest BCUT2D eigenvalue weighted by Crippen LogP contribution is -2.52. The van der Waals surface area contributed by atoms with Gasteiger partial charge in [-0.05, 0) is 44.7 Å².